The number of β-amino-alcohol motifs (C(OH)–C–C–N with tert-alkyl or cyclic N) is 1. The van der Waals surface area contributed by atoms with Crippen molar-refractivity contribution in [1.82, 2.24) is 15.0 Å². The lowest BCUT2D eigenvalue weighted by molar-refractivity contribution is 0.194. The van der Waals surface area contributed by atoms with Crippen LogP contribution in [0.2, 0.25) is 0 Å². The van der Waals surface area contributed by atoms with Gasteiger partial charge in [0.2, 0.25) is 0 Å². The van der Waals surface area contributed by atoms with Gasteiger partial charge in [0.05, 0.1) is 17.7 Å². The van der Waals surface area contributed by atoms with Gasteiger partial charge >= 0.3 is 0 Å². The normalized spacial score (nSPS) is 19.0. The zero-order valence-corrected chi connectivity index (χ0v) is 15.6. The summed E-state index contributed by atoms with van der Waals surface area (Å²) in [4.78, 5) is 15.9. The predicted molar refractivity (Wildman–Crippen MR) is 110 cm³/mol. The van der Waals surface area contributed by atoms with E-state index < -0.39 is 6.10 Å². The first-order valence-corrected chi connectivity index (χ1v) is 9.56. The van der Waals surface area contributed by atoms with Gasteiger partial charge in [-0.1, -0.05) is 24.3 Å². The van der Waals surface area contributed by atoms with Gasteiger partial charge in [-0.25, -0.2) is 14.4 Å². The summed E-state index contributed by atoms with van der Waals surface area (Å²) in [5, 5.41) is 11.4. The fraction of sp³-hybridized carbons (Fsp3) is 0.174. The van der Waals surface area contributed by atoms with E-state index in [-0.39, 0.29) is 11.9 Å². The largest absolute Gasteiger partial charge is 0.391 e. The Hall–Kier alpha value is -3.38. The van der Waals surface area contributed by atoms with Gasteiger partial charge in [-0.15, -0.1) is 0 Å². The minimum atomic E-state index is -0.486. The second-order valence-corrected chi connectivity index (χ2v) is 7.24. The number of hydrogen-bond donors (Lipinski definition) is 1. The number of fused-ring (bicyclic) bond motifs is 1. The number of hydrogen-bond acceptors (Lipinski definition) is 5. The molecule has 6 heteroatoms. The van der Waals surface area contributed by atoms with Crippen molar-refractivity contribution in [3.05, 3.63) is 84.4 Å². The summed E-state index contributed by atoms with van der Waals surface area (Å²) >= 11 is 0. The van der Waals surface area contributed by atoms with E-state index in [1.807, 2.05) is 36.4 Å². The molecule has 1 N–H and O–H groups in total. The predicted octanol–water partition coefficient (Wildman–Crippen LogP) is 4.14. The minimum Gasteiger partial charge on any atom is -0.391 e. The standard InChI is InChI=1S/C23H19FN4O/c24-17-9-7-15(8-10-17)21-12-18(29)14-28(21)23-19-5-1-2-6-20(19)26-22(27-23)16-4-3-11-25-13-16/h1-11,13,18,21,29H,12,14H2/t18-,21-/m0/s1. The first kappa shape index (κ1) is 17.7. The van der Waals surface area contributed by atoms with Crippen molar-refractivity contribution in [1.29, 1.82) is 0 Å². The molecule has 2 aromatic heterocycles. The number of anilines is 1. The summed E-state index contributed by atoms with van der Waals surface area (Å²) in [5.41, 5.74) is 2.61. The van der Waals surface area contributed by atoms with E-state index in [0.29, 0.717) is 18.8 Å². The molecule has 0 radical (unpaired) electrons. The van der Waals surface area contributed by atoms with Crippen molar-refractivity contribution in [2.24, 2.45) is 0 Å². The van der Waals surface area contributed by atoms with Gasteiger partial charge in [0.1, 0.15) is 11.6 Å². The highest BCUT2D eigenvalue weighted by Gasteiger charge is 2.34. The molecule has 3 heterocycles. The van der Waals surface area contributed by atoms with Crippen LogP contribution in [-0.2, 0) is 0 Å². The van der Waals surface area contributed by atoms with Crippen molar-refractivity contribution in [3.63, 3.8) is 0 Å². The van der Waals surface area contributed by atoms with Gasteiger partial charge < -0.3 is 10.0 Å². The second-order valence-electron chi connectivity index (χ2n) is 7.24. The maximum absolute atomic E-state index is 13.4. The third-order valence-electron chi connectivity index (χ3n) is 5.31. The summed E-state index contributed by atoms with van der Waals surface area (Å²) in [6, 6.07) is 18.0. The molecule has 4 aromatic rings. The highest BCUT2D eigenvalue weighted by Crippen LogP contribution is 2.39. The van der Waals surface area contributed by atoms with Gasteiger partial charge in [-0.2, -0.15) is 0 Å². The van der Waals surface area contributed by atoms with Crippen molar-refractivity contribution in [2.75, 3.05) is 11.4 Å². The van der Waals surface area contributed by atoms with Crippen LogP contribution < -0.4 is 4.90 Å². The van der Waals surface area contributed by atoms with E-state index in [4.69, 9.17) is 9.97 Å². The third kappa shape index (κ3) is 3.32. The van der Waals surface area contributed by atoms with E-state index in [0.717, 1.165) is 27.8 Å². The maximum atomic E-state index is 13.4. The van der Waals surface area contributed by atoms with Gasteiger partial charge in [0.25, 0.3) is 0 Å². The summed E-state index contributed by atoms with van der Waals surface area (Å²) in [6.07, 6.45) is 3.53. The van der Waals surface area contributed by atoms with Crippen LogP contribution in [0, 0.1) is 5.82 Å². The fourth-order valence-corrected chi connectivity index (χ4v) is 3.95. The summed E-state index contributed by atoms with van der Waals surface area (Å²) in [5.74, 6) is 1.08. The van der Waals surface area contributed by atoms with Gasteiger partial charge in [0.15, 0.2) is 5.82 Å². The molecule has 0 spiro atoms. The van der Waals surface area contributed by atoms with Crippen molar-refractivity contribution in [2.45, 2.75) is 18.6 Å². The minimum absolute atomic E-state index is 0.0920. The van der Waals surface area contributed by atoms with E-state index >= 15 is 0 Å². The highest BCUT2D eigenvalue weighted by atomic mass is 19.1. The van der Waals surface area contributed by atoms with Crippen LogP contribution in [0.4, 0.5) is 10.2 Å². The zero-order chi connectivity index (χ0) is 19.8. The molecular weight excluding hydrogens is 367 g/mol. The molecule has 5 nitrogen and oxygen atoms in total. The number of halogens is 1. The Morgan fingerprint density at radius 2 is 1.79 bits per heavy atom. The summed E-state index contributed by atoms with van der Waals surface area (Å²) < 4.78 is 13.4. The van der Waals surface area contributed by atoms with Crippen molar-refractivity contribution >= 4 is 16.7 Å². The Bertz CT molecular complexity index is 1150. The number of nitrogens with zero attached hydrogens (tertiary/aromatic N) is 4. The van der Waals surface area contributed by atoms with Crippen LogP contribution in [0.25, 0.3) is 22.3 Å². The molecular formula is C23H19FN4O. The van der Waals surface area contributed by atoms with Crippen LogP contribution in [0.15, 0.2) is 73.1 Å². The average molecular weight is 386 g/mol. The quantitative estimate of drug-likeness (QED) is 0.573. The molecule has 0 bridgehead atoms. The van der Waals surface area contributed by atoms with Crippen LogP contribution in [0.3, 0.4) is 0 Å². The van der Waals surface area contributed by atoms with Gasteiger partial charge in [0, 0.05) is 29.9 Å². The first-order chi connectivity index (χ1) is 14.2. The zero-order valence-electron chi connectivity index (χ0n) is 15.6. The first-order valence-electron chi connectivity index (χ1n) is 9.56. The average Bonchev–Trinajstić information content (AvgIpc) is 3.15. The van der Waals surface area contributed by atoms with Crippen LogP contribution in [-0.4, -0.2) is 32.7 Å². The SMILES string of the molecule is O[C@H]1C[C@@H](c2ccc(F)cc2)N(c2nc(-c3cccnc3)nc3ccccc23)C1. The summed E-state index contributed by atoms with van der Waals surface area (Å²) in [7, 11) is 0. The Labute approximate surface area is 167 Å². The number of rotatable bonds is 3. The van der Waals surface area contributed by atoms with Gasteiger partial charge in [-0.3, -0.25) is 4.98 Å². The second kappa shape index (κ2) is 7.22. The van der Waals surface area contributed by atoms with Crippen LogP contribution in [0.5, 0.6) is 0 Å². The Balaban J connectivity index is 1.67. The van der Waals surface area contributed by atoms with E-state index in [9.17, 15) is 9.50 Å². The lowest BCUT2D eigenvalue weighted by Gasteiger charge is -2.27. The van der Waals surface area contributed by atoms with Crippen molar-refractivity contribution < 1.29 is 9.50 Å². The third-order valence-corrected chi connectivity index (χ3v) is 5.31. The topological polar surface area (TPSA) is 62.1 Å². The van der Waals surface area contributed by atoms with E-state index in [1.54, 1.807) is 24.5 Å². The molecule has 0 unspecified atom stereocenters. The summed E-state index contributed by atoms with van der Waals surface area (Å²) in [6.45, 7) is 0.454. The Morgan fingerprint density at radius 1 is 0.966 bits per heavy atom. The molecule has 1 aliphatic rings. The molecule has 0 amide bonds. The number of para-hydroxylation sites is 1. The van der Waals surface area contributed by atoms with Crippen molar-refractivity contribution in [3.8, 4) is 11.4 Å². The smallest absolute Gasteiger partial charge is 0.163 e. The molecule has 144 valence electrons. The Kier molecular flexibility index (Phi) is 4.41. The number of aliphatic hydroxyl groups excluding tert-OH is 1. The molecule has 1 fully saturated rings. The van der Waals surface area contributed by atoms with Crippen LogP contribution in [0.1, 0.15) is 18.0 Å². The number of aromatic nitrogens is 3. The highest BCUT2D eigenvalue weighted by molar-refractivity contribution is 5.91. The molecule has 0 saturated carbocycles. The lowest BCUT2D eigenvalue weighted by atomic mass is 10.0. The Morgan fingerprint density at radius 3 is 2.59 bits per heavy atom. The number of benzene rings is 2. The van der Waals surface area contributed by atoms with Gasteiger partial charge in [-0.05, 0) is 48.4 Å². The van der Waals surface area contributed by atoms with E-state index in [2.05, 4.69) is 9.88 Å². The molecule has 29 heavy (non-hydrogen) atoms. The molecule has 2 atom stereocenters. The maximum Gasteiger partial charge on any atom is 0.163 e. The fourth-order valence-electron chi connectivity index (χ4n) is 3.95. The molecule has 5 rings (SSSR count). The monoisotopic (exact) mass is 386 g/mol. The molecule has 2 aromatic carbocycles. The molecule has 0 aliphatic carbocycles. The number of aliphatic hydroxyl groups is 1. The lowest BCUT2D eigenvalue weighted by Crippen LogP contribution is -2.26. The molecule has 1 aliphatic heterocycles. The number of pyridine rings is 1. The van der Waals surface area contributed by atoms with E-state index in [1.165, 1.54) is 12.1 Å². The molecule has 1 saturated heterocycles. The van der Waals surface area contributed by atoms with Crippen LogP contribution >= 0.6 is 0 Å².